The normalized spacial score (nSPS) is 18.9. The van der Waals surface area contributed by atoms with Crippen LogP contribution in [0.4, 0.5) is 0 Å². The van der Waals surface area contributed by atoms with E-state index in [0.717, 1.165) is 24.0 Å². The van der Waals surface area contributed by atoms with Gasteiger partial charge >= 0.3 is 0 Å². The Kier molecular flexibility index (Phi) is 10.6. The van der Waals surface area contributed by atoms with Gasteiger partial charge in [0.25, 0.3) is 0 Å². The van der Waals surface area contributed by atoms with Crippen molar-refractivity contribution >= 4 is 0 Å². The van der Waals surface area contributed by atoms with Crippen molar-refractivity contribution in [1.29, 1.82) is 0 Å². The van der Waals surface area contributed by atoms with Gasteiger partial charge in [-0.1, -0.05) is 115 Å². The molecule has 0 saturated heterocycles. The second kappa shape index (κ2) is 13.7. The summed E-state index contributed by atoms with van der Waals surface area (Å²) in [6.45, 7) is 4.55. The van der Waals surface area contributed by atoms with E-state index in [1.54, 1.807) is 0 Å². The third kappa shape index (κ3) is 8.43. The van der Waals surface area contributed by atoms with Gasteiger partial charge in [-0.15, -0.1) is 0 Å². The van der Waals surface area contributed by atoms with Gasteiger partial charge in [0, 0.05) is 11.8 Å². The Bertz CT molecular complexity index is 707. The second-order valence-electron chi connectivity index (χ2n) is 9.98. The first-order chi connectivity index (χ1) is 15.3. The Morgan fingerprint density at radius 1 is 0.645 bits per heavy atom. The highest BCUT2D eigenvalue weighted by molar-refractivity contribution is 5.59. The average molecular weight is 420 g/mol. The number of hydrogen-bond acceptors (Lipinski definition) is 1. The van der Waals surface area contributed by atoms with E-state index in [1.165, 1.54) is 107 Å². The van der Waals surface area contributed by atoms with Gasteiger partial charge in [-0.25, -0.2) is 0 Å². The largest absolute Gasteiger partial charge is 0.256 e. The summed E-state index contributed by atoms with van der Waals surface area (Å²) in [6, 6.07) is 13.5. The number of hydrogen-bond donors (Lipinski definition) is 0. The molecule has 1 saturated carbocycles. The van der Waals surface area contributed by atoms with Crippen LogP contribution < -0.4 is 0 Å². The van der Waals surface area contributed by atoms with Crippen molar-refractivity contribution in [1.82, 2.24) is 4.98 Å². The Balaban J connectivity index is 1.33. The first kappa shape index (κ1) is 24.0. The molecule has 1 aliphatic rings. The fourth-order valence-electron chi connectivity index (χ4n) is 5.22. The summed E-state index contributed by atoms with van der Waals surface area (Å²) in [7, 11) is 0. The lowest BCUT2D eigenvalue weighted by Crippen LogP contribution is -2.14. The van der Waals surface area contributed by atoms with E-state index in [0.29, 0.717) is 0 Å². The fourth-order valence-corrected chi connectivity index (χ4v) is 5.22. The molecule has 1 heterocycles. The molecule has 170 valence electrons. The van der Waals surface area contributed by atoms with Gasteiger partial charge in [0.05, 0.1) is 5.69 Å². The van der Waals surface area contributed by atoms with Crippen LogP contribution in [0, 0.1) is 11.8 Å². The average Bonchev–Trinajstić information content (AvgIpc) is 2.82. The van der Waals surface area contributed by atoms with Crippen LogP contribution in [-0.4, -0.2) is 4.98 Å². The molecule has 0 atom stereocenters. The summed E-state index contributed by atoms with van der Waals surface area (Å²) in [4.78, 5) is 4.68. The molecule has 1 fully saturated rings. The number of pyridine rings is 1. The van der Waals surface area contributed by atoms with Crippen molar-refractivity contribution < 1.29 is 0 Å². The number of aryl methyl sites for hydroxylation is 2. The van der Waals surface area contributed by atoms with Crippen molar-refractivity contribution in [3.63, 3.8) is 0 Å². The molecule has 1 nitrogen and oxygen atoms in total. The van der Waals surface area contributed by atoms with E-state index in [-0.39, 0.29) is 0 Å². The maximum absolute atomic E-state index is 4.68. The molecule has 3 rings (SSSR count). The van der Waals surface area contributed by atoms with E-state index >= 15 is 0 Å². The standard InChI is InChI=1S/C30H45N/c1-3-5-7-11-25-14-16-26(17-15-25)12-8-9-13-27-18-21-29(22-19-27)30-23-20-28(24-31-30)10-6-4-2/h18-26H,3-17H2,1-2H3. The Labute approximate surface area is 192 Å². The molecule has 0 unspecified atom stereocenters. The van der Waals surface area contributed by atoms with Crippen LogP contribution >= 0.6 is 0 Å². The molecule has 31 heavy (non-hydrogen) atoms. The van der Waals surface area contributed by atoms with E-state index < -0.39 is 0 Å². The maximum Gasteiger partial charge on any atom is 0.0702 e. The van der Waals surface area contributed by atoms with Crippen molar-refractivity contribution in [3.05, 3.63) is 53.7 Å². The molecule has 2 aromatic rings. The fraction of sp³-hybridized carbons (Fsp3) is 0.633. The molecule has 0 amide bonds. The number of aromatic nitrogens is 1. The number of benzene rings is 1. The highest BCUT2D eigenvalue weighted by atomic mass is 14.7. The molecular weight excluding hydrogens is 374 g/mol. The summed E-state index contributed by atoms with van der Waals surface area (Å²) in [5.41, 5.74) is 5.16. The summed E-state index contributed by atoms with van der Waals surface area (Å²) >= 11 is 0. The molecule has 1 aliphatic carbocycles. The highest BCUT2D eigenvalue weighted by Gasteiger charge is 2.20. The number of rotatable bonds is 13. The molecule has 0 radical (unpaired) electrons. The third-order valence-corrected chi connectivity index (χ3v) is 7.40. The first-order valence-electron chi connectivity index (χ1n) is 13.3. The zero-order valence-corrected chi connectivity index (χ0v) is 20.2. The van der Waals surface area contributed by atoms with Gasteiger partial charge in [0.15, 0.2) is 0 Å². The van der Waals surface area contributed by atoms with Crippen LogP contribution in [-0.2, 0) is 12.8 Å². The Morgan fingerprint density at radius 2 is 1.23 bits per heavy atom. The predicted molar refractivity (Wildman–Crippen MR) is 135 cm³/mol. The van der Waals surface area contributed by atoms with E-state index in [4.69, 9.17) is 0 Å². The Hall–Kier alpha value is -1.63. The molecule has 1 aromatic carbocycles. The number of unbranched alkanes of at least 4 members (excludes halogenated alkanes) is 4. The lowest BCUT2D eigenvalue weighted by atomic mass is 9.78. The topological polar surface area (TPSA) is 12.9 Å². The SMILES string of the molecule is CCCCCC1CCC(CCCCc2ccc(-c3ccc(CCCC)cn3)cc2)CC1. The molecule has 0 aliphatic heterocycles. The maximum atomic E-state index is 4.68. The van der Waals surface area contributed by atoms with E-state index in [9.17, 15) is 0 Å². The molecule has 0 bridgehead atoms. The smallest absolute Gasteiger partial charge is 0.0702 e. The van der Waals surface area contributed by atoms with Crippen LogP contribution in [0.5, 0.6) is 0 Å². The summed E-state index contributed by atoms with van der Waals surface area (Å²) in [5, 5.41) is 0. The van der Waals surface area contributed by atoms with Crippen molar-refractivity contribution in [3.8, 4) is 11.3 Å². The van der Waals surface area contributed by atoms with Crippen LogP contribution in [0.25, 0.3) is 11.3 Å². The van der Waals surface area contributed by atoms with Crippen LogP contribution in [0.2, 0.25) is 0 Å². The predicted octanol–water partition coefficient (Wildman–Crippen LogP) is 9.19. The first-order valence-corrected chi connectivity index (χ1v) is 13.3. The lowest BCUT2D eigenvalue weighted by molar-refractivity contribution is 0.245. The van der Waals surface area contributed by atoms with Crippen LogP contribution in [0.15, 0.2) is 42.6 Å². The highest BCUT2D eigenvalue weighted by Crippen LogP contribution is 2.34. The van der Waals surface area contributed by atoms with Crippen LogP contribution in [0.3, 0.4) is 0 Å². The minimum atomic E-state index is 1.01. The summed E-state index contributed by atoms with van der Waals surface area (Å²) in [5.74, 6) is 2.06. The Morgan fingerprint density at radius 3 is 1.81 bits per heavy atom. The molecular formula is C30H45N. The van der Waals surface area contributed by atoms with Gasteiger partial charge in [-0.3, -0.25) is 4.98 Å². The third-order valence-electron chi connectivity index (χ3n) is 7.40. The molecule has 1 aromatic heterocycles. The number of nitrogens with zero attached hydrogens (tertiary/aromatic N) is 1. The minimum Gasteiger partial charge on any atom is -0.256 e. The van der Waals surface area contributed by atoms with Gasteiger partial charge < -0.3 is 0 Å². The second-order valence-corrected chi connectivity index (χ2v) is 9.98. The molecule has 0 N–H and O–H groups in total. The van der Waals surface area contributed by atoms with Gasteiger partial charge in [-0.2, -0.15) is 0 Å². The van der Waals surface area contributed by atoms with Crippen molar-refractivity contribution in [2.24, 2.45) is 11.8 Å². The zero-order valence-electron chi connectivity index (χ0n) is 20.2. The van der Waals surface area contributed by atoms with Gasteiger partial charge in [0.1, 0.15) is 0 Å². The monoisotopic (exact) mass is 419 g/mol. The van der Waals surface area contributed by atoms with Crippen molar-refractivity contribution in [2.75, 3.05) is 0 Å². The molecule has 0 spiro atoms. The summed E-state index contributed by atoms with van der Waals surface area (Å²) in [6.07, 6.45) is 22.8. The lowest BCUT2D eigenvalue weighted by Gasteiger charge is -2.28. The summed E-state index contributed by atoms with van der Waals surface area (Å²) < 4.78 is 0. The molecule has 1 heteroatoms. The minimum absolute atomic E-state index is 1.01. The van der Waals surface area contributed by atoms with Crippen molar-refractivity contribution in [2.45, 2.75) is 110 Å². The quantitative estimate of drug-likeness (QED) is 0.295. The van der Waals surface area contributed by atoms with E-state index in [2.05, 4.69) is 61.4 Å². The van der Waals surface area contributed by atoms with Crippen LogP contribution in [0.1, 0.15) is 108 Å². The van der Waals surface area contributed by atoms with Gasteiger partial charge in [-0.05, 0) is 54.7 Å². The van der Waals surface area contributed by atoms with Gasteiger partial charge in [0.2, 0.25) is 0 Å². The van der Waals surface area contributed by atoms with E-state index in [1.807, 2.05) is 0 Å². The zero-order chi connectivity index (χ0) is 21.7.